The van der Waals surface area contributed by atoms with Crippen LogP contribution in [0.25, 0.3) is 16.5 Å². The van der Waals surface area contributed by atoms with Crippen molar-refractivity contribution in [2.24, 2.45) is 0 Å². The van der Waals surface area contributed by atoms with Crippen LogP contribution in [0.3, 0.4) is 0 Å². The predicted molar refractivity (Wildman–Crippen MR) is 140 cm³/mol. The van der Waals surface area contributed by atoms with Gasteiger partial charge in [-0.2, -0.15) is 5.26 Å². The number of aromatic nitrogens is 1. The molecule has 2 atom stereocenters. The van der Waals surface area contributed by atoms with Crippen molar-refractivity contribution in [1.29, 1.82) is 5.26 Å². The summed E-state index contributed by atoms with van der Waals surface area (Å²) in [6.45, 7) is 2.19. The molecule has 1 saturated heterocycles. The molecule has 3 aromatic carbocycles. The van der Waals surface area contributed by atoms with Crippen LogP contribution in [0, 0.1) is 11.3 Å². The minimum atomic E-state index is -3.29. The standard InChI is InChI=1S/C29H26N2O6S/c1-28-13-14-29(37-28,15-16-36-19-8-10-20(11-9-19)38(2,34)35)25-24(28)26(32)31(27(25)33)23-12-7-18(17-30)21-5-3-4-6-22(21)23/h3-12,32-33H,13-16H2,1-2H3/t28-,29-/m1/s1. The molecule has 6 rings (SSSR count). The fraction of sp³-hybridized carbons (Fsp3) is 0.276. The first-order valence-electron chi connectivity index (χ1n) is 12.3. The van der Waals surface area contributed by atoms with Crippen LogP contribution in [0.1, 0.15) is 42.9 Å². The SMILES string of the molecule is C[C@]12CC[C@](CCOc3ccc(S(C)(=O)=O)cc3)(O1)c1c2c(O)n(-c2ccc(C#N)c3ccccc23)c1O. The summed E-state index contributed by atoms with van der Waals surface area (Å²) in [5, 5.41) is 34.0. The molecule has 0 saturated carbocycles. The van der Waals surface area contributed by atoms with E-state index in [9.17, 15) is 23.9 Å². The van der Waals surface area contributed by atoms with Crippen LogP contribution in [0.5, 0.6) is 17.5 Å². The molecule has 2 aliphatic heterocycles. The Hall–Kier alpha value is -4.00. The highest BCUT2D eigenvalue weighted by Crippen LogP contribution is 2.65. The summed E-state index contributed by atoms with van der Waals surface area (Å²) in [6.07, 6.45) is 2.91. The predicted octanol–water partition coefficient (Wildman–Crippen LogP) is 5.02. The van der Waals surface area contributed by atoms with Gasteiger partial charge in [-0.25, -0.2) is 8.42 Å². The molecule has 3 heterocycles. The van der Waals surface area contributed by atoms with Gasteiger partial charge in [0.1, 0.15) is 11.4 Å². The molecule has 2 bridgehead atoms. The van der Waals surface area contributed by atoms with Gasteiger partial charge in [0.25, 0.3) is 0 Å². The molecule has 1 aromatic heterocycles. The number of hydrogen-bond acceptors (Lipinski definition) is 7. The van der Waals surface area contributed by atoms with Crippen LogP contribution in [-0.2, 0) is 25.8 Å². The topological polar surface area (TPSA) is 122 Å². The highest BCUT2D eigenvalue weighted by molar-refractivity contribution is 7.90. The first-order chi connectivity index (χ1) is 18.1. The zero-order chi connectivity index (χ0) is 26.9. The number of nitriles is 1. The fourth-order valence-corrected chi connectivity index (χ4v) is 6.66. The zero-order valence-corrected chi connectivity index (χ0v) is 21.7. The molecular formula is C29H26N2O6S. The number of hydrogen-bond donors (Lipinski definition) is 2. The Morgan fingerprint density at radius 1 is 1.00 bits per heavy atom. The van der Waals surface area contributed by atoms with Gasteiger partial charge < -0.3 is 19.7 Å². The third-order valence-electron chi connectivity index (χ3n) is 7.82. The maximum absolute atomic E-state index is 11.7. The molecule has 0 aliphatic carbocycles. The highest BCUT2D eigenvalue weighted by Gasteiger charge is 2.61. The molecule has 0 amide bonds. The molecular weight excluding hydrogens is 504 g/mol. The Morgan fingerprint density at radius 3 is 2.37 bits per heavy atom. The Labute approximate surface area is 220 Å². The van der Waals surface area contributed by atoms with E-state index in [1.807, 2.05) is 31.2 Å². The van der Waals surface area contributed by atoms with Crippen LogP contribution < -0.4 is 4.74 Å². The van der Waals surface area contributed by atoms with Gasteiger partial charge in [-0.1, -0.05) is 24.3 Å². The minimum Gasteiger partial charge on any atom is -0.494 e. The number of aromatic hydroxyl groups is 2. The van der Waals surface area contributed by atoms with Crippen molar-refractivity contribution in [3.63, 3.8) is 0 Å². The minimum absolute atomic E-state index is 0.0753. The zero-order valence-electron chi connectivity index (χ0n) is 20.9. The van der Waals surface area contributed by atoms with Gasteiger partial charge in [0, 0.05) is 23.4 Å². The number of nitrogens with zero attached hydrogens (tertiary/aromatic N) is 2. The van der Waals surface area contributed by atoms with Crippen molar-refractivity contribution in [2.45, 2.75) is 42.3 Å². The van der Waals surface area contributed by atoms with Gasteiger partial charge in [0.2, 0.25) is 11.8 Å². The third-order valence-corrected chi connectivity index (χ3v) is 8.95. The molecule has 38 heavy (non-hydrogen) atoms. The lowest BCUT2D eigenvalue weighted by molar-refractivity contribution is -0.0876. The van der Waals surface area contributed by atoms with Gasteiger partial charge in [-0.3, -0.25) is 4.57 Å². The van der Waals surface area contributed by atoms with Gasteiger partial charge in [-0.15, -0.1) is 0 Å². The van der Waals surface area contributed by atoms with Crippen LogP contribution in [0.15, 0.2) is 65.6 Å². The Bertz CT molecular complexity index is 1750. The average molecular weight is 531 g/mol. The van der Waals surface area contributed by atoms with E-state index in [1.165, 1.54) is 16.7 Å². The fourth-order valence-electron chi connectivity index (χ4n) is 6.03. The summed E-state index contributed by atoms with van der Waals surface area (Å²) in [6, 6.07) is 19.3. The quantitative estimate of drug-likeness (QED) is 0.359. The number of benzene rings is 3. The van der Waals surface area contributed by atoms with E-state index in [0.29, 0.717) is 47.4 Å². The molecule has 194 valence electrons. The molecule has 2 aliphatic rings. The van der Waals surface area contributed by atoms with Crippen LogP contribution in [0.4, 0.5) is 0 Å². The van der Waals surface area contributed by atoms with E-state index in [-0.39, 0.29) is 23.3 Å². The van der Waals surface area contributed by atoms with Crippen molar-refractivity contribution in [3.05, 3.63) is 77.4 Å². The lowest BCUT2D eigenvalue weighted by Crippen LogP contribution is -2.25. The first-order valence-corrected chi connectivity index (χ1v) is 14.2. The van der Waals surface area contributed by atoms with Crippen molar-refractivity contribution in [2.75, 3.05) is 12.9 Å². The van der Waals surface area contributed by atoms with Crippen molar-refractivity contribution in [3.8, 4) is 29.3 Å². The van der Waals surface area contributed by atoms with E-state index < -0.39 is 21.0 Å². The maximum Gasteiger partial charge on any atom is 0.205 e. The molecule has 4 aromatic rings. The summed E-state index contributed by atoms with van der Waals surface area (Å²) in [5.41, 5.74) is 0.620. The largest absolute Gasteiger partial charge is 0.494 e. The lowest BCUT2D eigenvalue weighted by atomic mass is 9.78. The monoisotopic (exact) mass is 530 g/mol. The number of sulfone groups is 1. The Kier molecular flexibility index (Phi) is 5.29. The van der Waals surface area contributed by atoms with E-state index in [4.69, 9.17) is 9.47 Å². The van der Waals surface area contributed by atoms with Crippen LogP contribution in [0.2, 0.25) is 0 Å². The highest BCUT2D eigenvalue weighted by atomic mass is 32.2. The Balaban J connectivity index is 1.36. The van der Waals surface area contributed by atoms with Gasteiger partial charge in [0.15, 0.2) is 9.84 Å². The van der Waals surface area contributed by atoms with E-state index in [0.717, 1.165) is 17.0 Å². The molecule has 9 heteroatoms. The molecule has 0 spiro atoms. The molecule has 0 radical (unpaired) electrons. The third kappa shape index (κ3) is 3.48. The lowest BCUT2D eigenvalue weighted by Gasteiger charge is -2.26. The molecule has 2 N–H and O–H groups in total. The second kappa shape index (κ2) is 8.25. The van der Waals surface area contributed by atoms with Crippen LogP contribution >= 0.6 is 0 Å². The van der Waals surface area contributed by atoms with Gasteiger partial charge in [0.05, 0.1) is 45.6 Å². The summed E-state index contributed by atoms with van der Waals surface area (Å²) in [5.74, 6) is 0.364. The normalized spacial score (nSPS) is 21.9. The van der Waals surface area contributed by atoms with E-state index in [2.05, 4.69) is 6.07 Å². The molecule has 0 unspecified atom stereocenters. The summed E-state index contributed by atoms with van der Waals surface area (Å²) in [4.78, 5) is 0.218. The van der Waals surface area contributed by atoms with Crippen molar-refractivity contribution in [1.82, 2.24) is 4.57 Å². The van der Waals surface area contributed by atoms with Crippen LogP contribution in [-0.4, -0.2) is 36.1 Å². The van der Waals surface area contributed by atoms with E-state index >= 15 is 0 Å². The molecule has 1 fully saturated rings. The first kappa shape index (κ1) is 24.3. The average Bonchev–Trinajstić information content (AvgIpc) is 3.47. The van der Waals surface area contributed by atoms with Gasteiger partial charge >= 0.3 is 0 Å². The number of fused-ring (bicyclic) bond motifs is 6. The maximum atomic E-state index is 11.7. The summed E-state index contributed by atoms with van der Waals surface area (Å²) >= 11 is 0. The summed E-state index contributed by atoms with van der Waals surface area (Å²) < 4.78 is 37.3. The smallest absolute Gasteiger partial charge is 0.205 e. The molecule has 8 nitrogen and oxygen atoms in total. The second-order valence-electron chi connectivity index (χ2n) is 10.2. The van der Waals surface area contributed by atoms with E-state index in [1.54, 1.807) is 24.3 Å². The van der Waals surface area contributed by atoms with Crippen molar-refractivity contribution >= 4 is 20.6 Å². The second-order valence-corrected chi connectivity index (χ2v) is 12.2. The van der Waals surface area contributed by atoms with Crippen molar-refractivity contribution < 1.29 is 28.1 Å². The number of rotatable bonds is 6. The van der Waals surface area contributed by atoms with Gasteiger partial charge in [-0.05, 0) is 56.2 Å². The Morgan fingerprint density at radius 2 is 1.68 bits per heavy atom. The number of ether oxygens (including phenoxy) is 2. The summed E-state index contributed by atoms with van der Waals surface area (Å²) in [7, 11) is -3.29.